The number of carbonyl (C=O) groups is 1. The van der Waals surface area contributed by atoms with Crippen LogP contribution in [0.1, 0.15) is 73.9 Å². The number of likely N-dealkylation sites (tertiary alicyclic amines) is 1. The maximum atomic E-state index is 13.4. The minimum absolute atomic E-state index is 0.0426. The van der Waals surface area contributed by atoms with E-state index in [0.717, 1.165) is 50.2 Å². The second-order valence-electron chi connectivity index (χ2n) is 9.96. The van der Waals surface area contributed by atoms with Crippen molar-refractivity contribution in [2.75, 3.05) is 37.7 Å². The van der Waals surface area contributed by atoms with Gasteiger partial charge in [0.1, 0.15) is 5.82 Å². The molecule has 0 radical (unpaired) electrons. The molecule has 0 N–H and O–H groups in total. The number of pyridine rings is 1. The highest BCUT2D eigenvalue weighted by Crippen LogP contribution is 2.44. The number of carbonyl (C=O) groups excluding carboxylic acids is 1. The van der Waals surface area contributed by atoms with Gasteiger partial charge in [0.05, 0.1) is 17.8 Å². The molecule has 2 unspecified atom stereocenters. The number of amides is 1. The molecule has 0 saturated carbocycles. The Morgan fingerprint density at radius 1 is 1.09 bits per heavy atom. The van der Waals surface area contributed by atoms with Gasteiger partial charge in [-0.2, -0.15) is 0 Å². The van der Waals surface area contributed by atoms with E-state index in [9.17, 15) is 4.79 Å². The zero-order valence-corrected chi connectivity index (χ0v) is 20.3. The van der Waals surface area contributed by atoms with Crippen molar-refractivity contribution in [2.24, 2.45) is 0 Å². The molecular weight excluding hydrogens is 426 g/mol. The minimum atomic E-state index is -0.230. The number of rotatable bonds is 5. The summed E-state index contributed by atoms with van der Waals surface area (Å²) < 4.78 is 12.9. The number of nitrogens with zero attached hydrogens (tertiary/aromatic N) is 3. The van der Waals surface area contributed by atoms with Gasteiger partial charge in [0.25, 0.3) is 5.91 Å². The molecule has 1 aromatic carbocycles. The summed E-state index contributed by atoms with van der Waals surface area (Å²) in [7, 11) is 0. The van der Waals surface area contributed by atoms with Gasteiger partial charge in [0.15, 0.2) is 0 Å². The number of anilines is 1. The van der Waals surface area contributed by atoms with Gasteiger partial charge in [-0.1, -0.05) is 30.3 Å². The van der Waals surface area contributed by atoms with Crippen molar-refractivity contribution in [3.05, 3.63) is 59.8 Å². The lowest BCUT2D eigenvalue weighted by Crippen LogP contribution is -2.52. The van der Waals surface area contributed by atoms with E-state index in [-0.39, 0.29) is 23.7 Å². The molecule has 1 spiro atoms. The number of piperidine rings is 2. The fourth-order valence-electron chi connectivity index (χ4n) is 5.84. The van der Waals surface area contributed by atoms with Crippen LogP contribution in [0.5, 0.6) is 0 Å². The molecule has 0 bridgehead atoms. The Labute approximate surface area is 203 Å². The Balaban J connectivity index is 1.26. The molecule has 5 rings (SSSR count). The van der Waals surface area contributed by atoms with Crippen LogP contribution in [0.3, 0.4) is 0 Å². The quantitative estimate of drug-likeness (QED) is 0.624. The number of ether oxygens (including phenoxy) is 2. The second-order valence-corrected chi connectivity index (χ2v) is 9.96. The van der Waals surface area contributed by atoms with E-state index in [1.807, 2.05) is 23.1 Å². The van der Waals surface area contributed by atoms with Crippen LogP contribution < -0.4 is 4.90 Å². The van der Waals surface area contributed by atoms with Crippen LogP contribution in [-0.4, -0.2) is 60.3 Å². The average molecular weight is 464 g/mol. The largest absolute Gasteiger partial charge is 0.378 e. The molecule has 0 aliphatic carbocycles. The van der Waals surface area contributed by atoms with Gasteiger partial charge in [-0.3, -0.25) is 4.79 Å². The van der Waals surface area contributed by atoms with Crippen molar-refractivity contribution >= 4 is 11.7 Å². The summed E-state index contributed by atoms with van der Waals surface area (Å²) in [6, 6.07) is 14.3. The van der Waals surface area contributed by atoms with Crippen LogP contribution in [0.4, 0.5) is 5.82 Å². The van der Waals surface area contributed by atoms with E-state index >= 15 is 0 Å². The van der Waals surface area contributed by atoms with Gasteiger partial charge in [0.2, 0.25) is 0 Å². The maximum absolute atomic E-state index is 13.4. The van der Waals surface area contributed by atoms with Crippen LogP contribution in [0.2, 0.25) is 0 Å². The summed E-state index contributed by atoms with van der Waals surface area (Å²) in [5, 5.41) is 0. The predicted molar refractivity (Wildman–Crippen MR) is 133 cm³/mol. The summed E-state index contributed by atoms with van der Waals surface area (Å²) in [5.74, 6) is 1.03. The zero-order valence-electron chi connectivity index (χ0n) is 20.3. The highest BCUT2D eigenvalue weighted by Gasteiger charge is 2.45. The lowest BCUT2D eigenvalue weighted by atomic mass is 9.80. The highest BCUT2D eigenvalue weighted by atomic mass is 16.5. The van der Waals surface area contributed by atoms with Crippen molar-refractivity contribution in [3.63, 3.8) is 0 Å². The molecule has 4 heterocycles. The number of hydrogen-bond donors (Lipinski definition) is 0. The molecule has 34 heavy (non-hydrogen) atoms. The third kappa shape index (κ3) is 5.13. The Morgan fingerprint density at radius 3 is 2.59 bits per heavy atom. The van der Waals surface area contributed by atoms with Crippen molar-refractivity contribution in [3.8, 4) is 0 Å². The topological polar surface area (TPSA) is 54.9 Å². The van der Waals surface area contributed by atoms with Crippen LogP contribution in [0, 0.1) is 0 Å². The molecule has 182 valence electrons. The Hall–Kier alpha value is -2.44. The first-order valence-electron chi connectivity index (χ1n) is 13.0. The molecule has 6 heteroatoms. The highest BCUT2D eigenvalue weighted by molar-refractivity contribution is 5.95. The molecule has 2 aromatic rings. The third-order valence-corrected chi connectivity index (χ3v) is 7.68. The van der Waals surface area contributed by atoms with Gasteiger partial charge in [0, 0.05) is 57.4 Å². The van der Waals surface area contributed by atoms with Crippen molar-refractivity contribution in [1.29, 1.82) is 0 Å². The third-order valence-electron chi connectivity index (χ3n) is 7.68. The maximum Gasteiger partial charge on any atom is 0.254 e. The first-order chi connectivity index (χ1) is 16.7. The lowest BCUT2D eigenvalue weighted by Gasteiger charge is -2.48. The van der Waals surface area contributed by atoms with E-state index in [4.69, 9.17) is 9.47 Å². The average Bonchev–Trinajstić information content (AvgIpc) is 2.90. The molecule has 3 saturated heterocycles. The first kappa shape index (κ1) is 23.3. The zero-order chi connectivity index (χ0) is 23.4. The van der Waals surface area contributed by atoms with Crippen molar-refractivity contribution in [1.82, 2.24) is 9.88 Å². The SMILES string of the molecule is CCOC1CC(c2ccccc2)OC2(CCN(C(=O)c3ccnc(N4CCCCC4)c3)CC2)C1. The fraction of sp³-hybridized carbons (Fsp3) is 0.571. The Morgan fingerprint density at radius 2 is 1.85 bits per heavy atom. The van der Waals surface area contributed by atoms with Crippen molar-refractivity contribution in [2.45, 2.75) is 69.7 Å². The predicted octanol–water partition coefficient (Wildman–Crippen LogP) is 5.00. The summed E-state index contributed by atoms with van der Waals surface area (Å²) >= 11 is 0. The van der Waals surface area contributed by atoms with E-state index in [1.165, 1.54) is 24.8 Å². The summed E-state index contributed by atoms with van der Waals surface area (Å²) in [5.41, 5.74) is 1.73. The summed E-state index contributed by atoms with van der Waals surface area (Å²) in [4.78, 5) is 22.2. The van der Waals surface area contributed by atoms with Gasteiger partial charge >= 0.3 is 0 Å². The number of aromatic nitrogens is 1. The Kier molecular flexibility index (Phi) is 7.16. The summed E-state index contributed by atoms with van der Waals surface area (Å²) in [6.45, 7) is 6.25. The fourth-order valence-corrected chi connectivity index (χ4v) is 5.84. The molecule has 3 aliphatic rings. The Bertz CT molecular complexity index is 952. The van der Waals surface area contributed by atoms with E-state index in [2.05, 4.69) is 41.1 Å². The van der Waals surface area contributed by atoms with Crippen LogP contribution >= 0.6 is 0 Å². The van der Waals surface area contributed by atoms with Gasteiger partial charge < -0.3 is 19.3 Å². The molecule has 1 amide bonds. The van der Waals surface area contributed by atoms with E-state index in [0.29, 0.717) is 19.7 Å². The minimum Gasteiger partial charge on any atom is -0.378 e. The van der Waals surface area contributed by atoms with Gasteiger partial charge in [-0.15, -0.1) is 0 Å². The van der Waals surface area contributed by atoms with Crippen molar-refractivity contribution < 1.29 is 14.3 Å². The van der Waals surface area contributed by atoms with Crippen LogP contribution in [0.25, 0.3) is 0 Å². The van der Waals surface area contributed by atoms with Gasteiger partial charge in [-0.05, 0) is 56.7 Å². The lowest BCUT2D eigenvalue weighted by molar-refractivity contribution is -0.190. The molecular formula is C28H37N3O3. The first-order valence-corrected chi connectivity index (χ1v) is 13.0. The normalized spacial score (nSPS) is 24.9. The van der Waals surface area contributed by atoms with Crippen LogP contribution in [-0.2, 0) is 9.47 Å². The standard InChI is InChI=1S/C28H37N3O3/c1-2-33-24-20-25(22-9-5-3-6-10-22)34-28(21-24)12-17-31(18-13-28)27(32)23-11-14-29-26(19-23)30-15-7-4-8-16-30/h3,5-6,9-11,14,19,24-25H,2,4,7-8,12-13,15-18,20-21H2,1H3. The van der Waals surface area contributed by atoms with Gasteiger partial charge in [-0.25, -0.2) is 4.98 Å². The van der Waals surface area contributed by atoms with E-state index in [1.54, 1.807) is 6.20 Å². The monoisotopic (exact) mass is 463 g/mol. The molecule has 3 fully saturated rings. The molecule has 2 atom stereocenters. The molecule has 6 nitrogen and oxygen atoms in total. The summed E-state index contributed by atoms with van der Waals surface area (Å²) in [6.07, 6.45) is 9.16. The van der Waals surface area contributed by atoms with E-state index < -0.39 is 0 Å². The number of hydrogen-bond acceptors (Lipinski definition) is 5. The molecule has 1 aromatic heterocycles. The number of benzene rings is 1. The smallest absolute Gasteiger partial charge is 0.254 e. The molecule has 3 aliphatic heterocycles. The van der Waals surface area contributed by atoms with Crippen LogP contribution in [0.15, 0.2) is 48.7 Å². The second kappa shape index (κ2) is 10.4.